The first-order valence-corrected chi connectivity index (χ1v) is 5.90. The van der Waals surface area contributed by atoms with Crippen molar-refractivity contribution in [1.29, 1.82) is 0 Å². The third kappa shape index (κ3) is 2.08. The summed E-state index contributed by atoms with van der Waals surface area (Å²) in [5.74, 6) is 0. The number of nitrogens with one attached hydrogen (secondary N) is 1. The monoisotopic (exact) mass is 246 g/mol. The lowest BCUT2D eigenvalue weighted by Crippen LogP contribution is -2.48. The summed E-state index contributed by atoms with van der Waals surface area (Å²) < 4.78 is 28.1. The maximum Gasteiger partial charge on any atom is 0.190 e. The fourth-order valence-corrected chi connectivity index (χ4v) is 2.40. The lowest BCUT2D eigenvalue weighted by atomic mass is 10.1. The molecule has 3 aliphatic heterocycles. The smallest absolute Gasteiger partial charge is 0.190 e. The van der Waals surface area contributed by atoms with Crippen molar-refractivity contribution in [3.63, 3.8) is 0 Å². The van der Waals surface area contributed by atoms with E-state index in [9.17, 15) is 0 Å². The molecular weight excluding hydrogens is 228 g/mol. The van der Waals surface area contributed by atoms with Gasteiger partial charge in [-0.05, 0) is 7.05 Å². The SMILES string of the molecule is CNCC1OC2OC3COC(CN)OC3C2O1. The molecule has 0 aromatic heterocycles. The van der Waals surface area contributed by atoms with E-state index in [0.29, 0.717) is 19.7 Å². The van der Waals surface area contributed by atoms with Gasteiger partial charge in [0.05, 0.1) is 6.61 Å². The molecule has 0 aromatic rings. The lowest BCUT2D eigenvalue weighted by Gasteiger charge is -2.32. The Kier molecular flexibility index (Phi) is 3.31. The van der Waals surface area contributed by atoms with Gasteiger partial charge in [0, 0.05) is 13.1 Å². The average molecular weight is 246 g/mol. The van der Waals surface area contributed by atoms with Crippen LogP contribution in [-0.4, -0.2) is 63.9 Å². The normalized spacial score (nSPS) is 49.1. The number of ether oxygens (including phenoxy) is 5. The summed E-state index contributed by atoms with van der Waals surface area (Å²) in [7, 11) is 1.85. The number of fused-ring (bicyclic) bond motifs is 3. The molecule has 0 amide bonds. The number of likely N-dealkylation sites (N-methyl/N-ethyl adjacent to an activating group) is 1. The van der Waals surface area contributed by atoms with Gasteiger partial charge in [-0.3, -0.25) is 0 Å². The summed E-state index contributed by atoms with van der Waals surface area (Å²) in [6, 6.07) is 0. The number of hydrogen-bond acceptors (Lipinski definition) is 7. The van der Waals surface area contributed by atoms with Crippen LogP contribution in [0, 0.1) is 0 Å². The molecule has 6 unspecified atom stereocenters. The van der Waals surface area contributed by atoms with E-state index in [1.807, 2.05) is 7.05 Å². The van der Waals surface area contributed by atoms with Crippen molar-refractivity contribution in [2.24, 2.45) is 5.73 Å². The molecule has 3 saturated heterocycles. The predicted octanol–water partition coefficient (Wildman–Crippen LogP) is -1.63. The molecule has 17 heavy (non-hydrogen) atoms. The van der Waals surface area contributed by atoms with Crippen molar-refractivity contribution in [2.75, 3.05) is 26.7 Å². The maximum absolute atomic E-state index is 5.76. The zero-order valence-electron chi connectivity index (χ0n) is 9.70. The first kappa shape index (κ1) is 11.8. The first-order chi connectivity index (χ1) is 8.31. The van der Waals surface area contributed by atoms with E-state index in [4.69, 9.17) is 29.4 Å². The minimum Gasteiger partial charge on any atom is -0.348 e. The molecule has 98 valence electrons. The van der Waals surface area contributed by atoms with Crippen molar-refractivity contribution in [3.8, 4) is 0 Å². The molecule has 7 nitrogen and oxygen atoms in total. The highest BCUT2D eigenvalue weighted by atomic mass is 16.8. The molecule has 7 heteroatoms. The Morgan fingerprint density at radius 3 is 2.71 bits per heavy atom. The Hall–Kier alpha value is -0.280. The Bertz CT molecular complexity index is 279. The predicted molar refractivity (Wildman–Crippen MR) is 56.0 cm³/mol. The van der Waals surface area contributed by atoms with Crippen LogP contribution in [0.2, 0.25) is 0 Å². The fraction of sp³-hybridized carbons (Fsp3) is 1.00. The minimum atomic E-state index is -0.370. The highest BCUT2D eigenvalue weighted by Gasteiger charge is 2.55. The zero-order valence-corrected chi connectivity index (χ0v) is 9.70. The molecule has 0 radical (unpaired) electrons. The van der Waals surface area contributed by atoms with Crippen molar-refractivity contribution in [1.82, 2.24) is 5.32 Å². The largest absolute Gasteiger partial charge is 0.348 e. The maximum atomic E-state index is 5.76. The first-order valence-electron chi connectivity index (χ1n) is 5.90. The number of rotatable bonds is 3. The topological polar surface area (TPSA) is 84.2 Å². The average Bonchev–Trinajstić information content (AvgIpc) is 2.86. The van der Waals surface area contributed by atoms with Crippen molar-refractivity contribution in [3.05, 3.63) is 0 Å². The van der Waals surface area contributed by atoms with Gasteiger partial charge in [-0.25, -0.2) is 0 Å². The van der Waals surface area contributed by atoms with E-state index < -0.39 is 0 Å². The Labute approximate surface area is 99.5 Å². The molecule has 3 rings (SSSR count). The minimum absolute atomic E-state index is 0.122. The molecule has 0 aliphatic carbocycles. The van der Waals surface area contributed by atoms with Crippen LogP contribution in [0.4, 0.5) is 0 Å². The van der Waals surface area contributed by atoms with Crippen LogP contribution in [0.5, 0.6) is 0 Å². The zero-order chi connectivity index (χ0) is 11.8. The summed E-state index contributed by atoms with van der Waals surface area (Å²) in [5.41, 5.74) is 5.53. The van der Waals surface area contributed by atoms with E-state index in [1.54, 1.807) is 0 Å². The van der Waals surface area contributed by atoms with Crippen LogP contribution in [0.25, 0.3) is 0 Å². The summed E-state index contributed by atoms with van der Waals surface area (Å²) in [5, 5.41) is 3.00. The Morgan fingerprint density at radius 2 is 1.94 bits per heavy atom. The third-order valence-corrected chi connectivity index (χ3v) is 3.18. The molecule has 0 aromatic carbocycles. The van der Waals surface area contributed by atoms with Gasteiger partial charge >= 0.3 is 0 Å². The summed E-state index contributed by atoms with van der Waals surface area (Å²) in [6.45, 7) is 1.44. The molecular formula is C10H18N2O5. The molecule has 0 spiro atoms. The Morgan fingerprint density at radius 1 is 1.12 bits per heavy atom. The quantitative estimate of drug-likeness (QED) is 0.618. The number of hydrogen-bond donors (Lipinski definition) is 2. The van der Waals surface area contributed by atoms with Gasteiger partial charge in [0.1, 0.15) is 18.3 Å². The van der Waals surface area contributed by atoms with E-state index in [2.05, 4.69) is 5.32 Å². The molecule has 3 N–H and O–H groups in total. The molecule has 3 heterocycles. The highest BCUT2D eigenvalue weighted by molar-refractivity contribution is 4.94. The molecule has 3 aliphatic rings. The second kappa shape index (κ2) is 4.77. The second-order valence-electron chi connectivity index (χ2n) is 4.37. The van der Waals surface area contributed by atoms with Crippen LogP contribution >= 0.6 is 0 Å². The molecule has 0 bridgehead atoms. The lowest BCUT2D eigenvalue weighted by molar-refractivity contribution is -0.264. The highest BCUT2D eigenvalue weighted by Crippen LogP contribution is 2.36. The van der Waals surface area contributed by atoms with Gasteiger partial charge < -0.3 is 34.7 Å². The van der Waals surface area contributed by atoms with Gasteiger partial charge in [0.2, 0.25) is 0 Å². The van der Waals surface area contributed by atoms with Crippen molar-refractivity contribution < 1.29 is 23.7 Å². The second-order valence-corrected chi connectivity index (χ2v) is 4.37. The van der Waals surface area contributed by atoms with Gasteiger partial charge in [-0.15, -0.1) is 0 Å². The van der Waals surface area contributed by atoms with Crippen LogP contribution in [0.1, 0.15) is 0 Å². The van der Waals surface area contributed by atoms with Crippen LogP contribution in [0.15, 0.2) is 0 Å². The third-order valence-electron chi connectivity index (χ3n) is 3.18. The molecule has 6 atom stereocenters. The van der Waals surface area contributed by atoms with Crippen LogP contribution < -0.4 is 11.1 Å². The van der Waals surface area contributed by atoms with Crippen LogP contribution in [0.3, 0.4) is 0 Å². The van der Waals surface area contributed by atoms with Crippen molar-refractivity contribution in [2.45, 2.75) is 37.2 Å². The fourth-order valence-electron chi connectivity index (χ4n) is 2.40. The summed E-state index contributed by atoms with van der Waals surface area (Å²) in [6.07, 6.45) is -1.46. The van der Waals surface area contributed by atoms with Crippen LogP contribution in [-0.2, 0) is 23.7 Å². The van der Waals surface area contributed by atoms with Gasteiger partial charge in [0.15, 0.2) is 18.9 Å². The summed E-state index contributed by atoms with van der Waals surface area (Å²) >= 11 is 0. The molecule has 3 fully saturated rings. The van der Waals surface area contributed by atoms with E-state index in [1.165, 1.54) is 0 Å². The van der Waals surface area contributed by atoms with E-state index in [-0.39, 0.29) is 37.2 Å². The van der Waals surface area contributed by atoms with Gasteiger partial charge in [0.25, 0.3) is 0 Å². The number of nitrogens with two attached hydrogens (primary N) is 1. The van der Waals surface area contributed by atoms with Gasteiger partial charge in [-0.1, -0.05) is 0 Å². The summed E-state index contributed by atoms with van der Waals surface area (Å²) in [4.78, 5) is 0. The van der Waals surface area contributed by atoms with E-state index >= 15 is 0 Å². The van der Waals surface area contributed by atoms with E-state index in [0.717, 1.165) is 0 Å². The Balaban J connectivity index is 1.64. The standard InChI is InChI=1S/C10H18N2O5/c1-12-3-7-16-9-8-5(14-10(9)17-7)4-13-6(2-11)15-8/h5-10,12H,2-4,11H2,1H3. The van der Waals surface area contributed by atoms with Gasteiger partial charge in [-0.2, -0.15) is 0 Å². The van der Waals surface area contributed by atoms with Crippen molar-refractivity contribution >= 4 is 0 Å². The molecule has 0 saturated carbocycles.